The quantitative estimate of drug-likeness (QED) is 0.738. The number of fused-ring (bicyclic) bond motifs is 1. The molecular weight excluding hydrogens is 316 g/mol. The van der Waals surface area contributed by atoms with Crippen LogP contribution in [0.5, 0.6) is 0 Å². The summed E-state index contributed by atoms with van der Waals surface area (Å²) in [6, 6.07) is 2.51. The van der Waals surface area contributed by atoms with Gasteiger partial charge < -0.3 is 4.90 Å². The summed E-state index contributed by atoms with van der Waals surface area (Å²) in [6.45, 7) is 1.36. The first kappa shape index (κ1) is 16.0. The Morgan fingerprint density at radius 2 is 2.00 bits per heavy atom. The number of carbonyl (C=O) groups excluding carboxylic acids is 1. The van der Waals surface area contributed by atoms with E-state index in [4.69, 9.17) is 0 Å². The second-order valence-corrected chi connectivity index (χ2v) is 5.59. The number of aromatic nitrogens is 4. The predicted molar refractivity (Wildman–Crippen MR) is 84.1 cm³/mol. The van der Waals surface area contributed by atoms with Crippen LogP contribution in [0.3, 0.4) is 0 Å². The Labute approximate surface area is 136 Å². The fourth-order valence-electron chi connectivity index (χ4n) is 2.22. The first-order valence-electron chi connectivity index (χ1n) is 7.22. The van der Waals surface area contributed by atoms with Crippen molar-refractivity contribution in [2.45, 2.75) is 13.5 Å². The standard InChI is InChI=1S/C16H15F2N5O/c1-9-11(17)5-4-10(15(9)18)12-6-19-13-7-20-23(16(13)21-12)8-14(24)22(2)3/h4-7H,8H2,1-3H3. The molecule has 0 fully saturated rings. The average molecular weight is 331 g/mol. The minimum atomic E-state index is -0.681. The molecule has 3 rings (SSSR count). The van der Waals surface area contributed by atoms with E-state index in [1.807, 2.05) is 0 Å². The molecule has 0 unspecified atom stereocenters. The van der Waals surface area contributed by atoms with Gasteiger partial charge >= 0.3 is 0 Å². The molecule has 0 atom stereocenters. The Kier molecular flexibility index (Phi) is 3.96. The minimum absolute atomic E-state index is 0.000435. The molecule has 0 saturated carbocycles. The summed E-state index contributed by atoms with van der Waals surface area (Å²) in [7, 11) is 3.28. The van der Waals surface area contributed by atoms with Gasteiger partial charge in [-0.25, -0.2) is 23.4 Å². The van der Waals surface area contributed by atoms with E-state index in [9.17, 15) is 13.6 Å². The number of likely N-dealkylation sites (N-methyl/N-ethyl adjacent to an activating group) is 1. The lowest BCUT2D eigenvalue weighted by atomic mass is 10.1. The molecule has 0 aliphatic heterocycles. The summed E-state index contributed by atoms with van der Waals surface area (Å²) in [5.41, 5.74) is 1.18. The van der Waals surface area contributed by atoms with Crippen LogP contribution >= 0.6 is 0 Å². The Balaban J connectivity index is 2.08. The third kappa shape index (κ3) is 2.70. The van der Waals surface area contributed by atoms with Gasteiger partial charge in [0.15, 0.2) is 5.65 Å². The number of nitrogens with zero attached hydrogens (tertiary/aromatic N) is 5. The number of benzene rings is 1. The summed E-state index contributed by atoms with van der Waals surface area (Å²) in [6.07, 6.45) is 2.89. The number of amides is 1. The van der Waals surface area contributed by atoms with E-state index >= 15 is 0 Å². The monoisotopic (exact) mass is 331 g/mol. The molecule has 2 heterocycles. The van der Waals surface area contributed by atoms with Gasteiger partial charge in [0, 0.05) is 25.2 Å². The van der Waals surface area contributed by atoms with Crippen molar-refractivity contribution in [1.82, 2.24) is 24.6 Å². The van der Waals surface area contributed by atoms with Crippen molar-refractivity contribution in [3.05, 3.63) is 41.7 Å². The number of hydrogen-bond acceptors (Lipinski definition) is 4. The lowest BCUT2D eigenvalue weighted by Crippen LogP contribution is -2.26. The molecule has 0 saturated heterocycles. The molecule has 0 aliphatic carbocycles. The molecule has 124 valence electrons. The van der Waals surface area contributed by atoms with Crippen molar-refractivity contribution in [3.8, 4) is 11.3 Å². The third-order valence-electron chi connectivity index (χ3n) is 3.73. The molecule has 6 nitrogen and oxygen atoms in total. The molecule has 1 aromatic carbocycles. The van der Waals surface area contributed by atoms with E-state index in [1.54, 1.807) is 14.1 Å². The van der Waals surface area contributed by atoms with Gasteiger partial charge in [-0.15, -0.1) is 0 Å². The molecule has 0 radical (unpaired) electrons. The molecular formula is C16H15F2N5O. The van der Waals surface area contributed by atoms with Gasteiger partial charge in [0.05, 0.1) is 18.1 Å². The highest BCUT2D eigenvalue weighted by molar-refractivity contribution is 5.79. The molecule has 1 amide bonds. The van der Waals surface area contributed by atoms with Crippen LogP contribution in [0.4, 0.5) is 8.78 Å². The lowest BCUT2D eigenvalue weighted by Gasteiger charge is -2.10. The fourth-order valence-corrected chi connectivity index (χ4v) is 2.22. The molecule has 3 aromatic rings. The van der Waals surface area contributed by atoms with Crippen LogP contribution in [0.2, 0.25) is 0 Å². The van der Waals surface area contributed by atoms with Gasteiger partial charge in [-0.3, -0.25) is 4.79 Å². The number of carbonyl (C=O) groups is 1. The first-order chi connectivity index (χ1) is 11.4. The van der Waals surface area contributed by atoms with E-state index in [0.717, 1.165) is 0 Å². The van der Waals surface area contributed by atoms with E-state index in [-0.39, 0.29) is 29.3 Å². The Hall–Kier alpha value is -2.90. The maximum Gasteiger partial charge on any atom is 0.243 e. The highest BCUT2D eigenvalue weighted by atomic mass is 19.1. The van der Waals surface area contributed by atoms with Crippen LogP contribution in [0.25, 0.3) is 22.4 Å². The summed E-state index contributed by atoms with van der Waals surface area (Å²) in [4.78, 5) is 21.8. The highest BCUT2D eigenvalue weighted by Crippen LogP contribution is 2.25. The second kappa shape index (κ2) is 5.95. The molecule has 0 bridgehead atoms. The van der Waals surface area contributed by atoms with Crippen molar-refractivity contribution in [3.63, 3.8) is 0 Å². The highest BCUT2D eigenvalue weighted by Gasteiger charge is 2.16. The second-order valence-electron chi connectivity index (χ2n) is 5.59. The van der Waals surface area contributed by atoms with Crippen LogP contribution in [0.15, 0.2) is 24.5 Å². The zero-order valence-corrected chi connectivity index (χ0v) is 13.4. The van der Waals surface area contributed by atoms with Gasteiger partial charge in [-0.05, 0) is 19.1 Å². The summed E-state index contributed by atoms with van der Waals surface area (Å²) < 4.78 is 29.1. The number of halogens is 2. The number of hydrogen-bond donors (Lipinski definition) is 0. The largest absolute Gasteiger partial charge is 0.347 e. The smallest absolute Gasteiger partial charge is 0.243 e. The topological polar surface area (TPSA) is 63.9 Å². The van der Waals surface area contributed by atoms with Crippen molar-refractivity contribution >= 4 is 17.1 Å². The summed E-state index contributed by atoms with van der Waals surface area (Å²) in [5, 5.41) is 4.10. The van der Waals surface area contributed by atoms with E-state index < -0.39 is 11.6 Å². The molecule has 0 spiro atoms. The molecule has 2 aromatic heterocycles. The zero-order chi connectivity index (χ0) is 17.4. The summed E-state index contributed by atoms with van der Waals surface area (Å²) in [5.74, 6) is -1.46. The molecule has 24 heavy (non-hydrogen) atoms. The Morgan fingerprint density at radius 1 is 1.25 bits per heavy atom. The molecule has 0 aliphatic rings. The van der Waals surface area contributed by atoms with Crippen molar-refractivity contribution in [2.75, 3.05) is 14.1 Å². The maximum atomic E-state index is 14.3. The molecule has 8 heteroatoms. The Morgan fingerprint density at radius 3 is 2.71 bits per heavy atom. The van der Waals surface area contributed by atoms with Gasteiger partial charge in [0.1, 0.15) is 23.7 Å². The normalized spacial score (nSPS) is 11.0. The van der Waals surface area contributed by atoms with E-state index in [1.165, 1.54) is 41.0 Å². The van der Waals surface area contributed by atoms with Crippen LogP contribution in [-0.2, 0) is 11.3 Å². The maximum absolute atomic E-state index is 14.3. The first-order valence-corrected chi connectivity index (χ1v) is 7.22. The van der Waals surface area contributed by atoms with Gasteiger partial charge in [-0.2, -0.15) is 5.10 Å². The summed E-state index contributed by atoms with van der Waals surface area (Å²) >= 11 is 0. The fraction of sp³-hybridized carbons (Fsp3) is 0.250. The predicted octanol–water partition coefficient (Wildman–Crippen LogP) is 2.17. The third-order valence-corrected chi connectivity index (χ3v) is 3.73. The van der Waals surface area contributed by atoms with Crippen molar-refractivity contribution in [1.29, 1.82) is 0 Å². The van der Waals surface area contributed by atoms with Crippen LogP contribution in [0.1, 0.15) is 5.56 Å². The average Bonchev–Trinajstić information content (AvgIpc) is 2.95. The van der Waals surface area contributed by atoms with E-state index in [0.29, 0.717) is 11.2 Å². The lowest BCUT2D eigenvalue weighted by molar-refractivity contribution is -0.129. The zero-order valence-electron chi connectivity index (χ0n) is 13.4. The van der Waals surface area contributed by atoms with Crippen LogP contribution in [-0.4, -0.2) is 44.7 Å². The SMILES string of the molecule is Cc1c(F)ccc(-c2cnc3cnn(CC(=O)N(C)C)c3n2)c1F. The van der Waals surface area contributed by atoms with Gasteiger partial charge in [-0.1, -0.05) is 0 Å². The molecule has 0 N–H and O–H groups in total. The van der Waals surface area contributed by atoms with Crippen LogP contribution in [0, 0.1) is 18.6 Å². The van der Waals surface area contributed by atoms with Gasteiger partial charge in [0.25, 0.3) is 0 Å². The van der Waals surface area contributed by atoms with E-state index in [2.05, 4.69) is 15.1 Å². The van der Waals surface area contributed by atoms with Crippen LogP contribution < -0.4 is 0 Å². The Bertz CT molecular complexity index is 936. The van der Waals surface area contributed by atoms with Crippen molar-refractivity contribution < 1.29 is 13.6 Å². The minimum Gasteiger partial charge on any atom is -0.347 e. The van der Waals surface area contributed by atoms with Crippen molar-refractivity contribution in [2.24, 2.45) is 0 Å². The number of rotatable bonds is 3. The van der Waals surface area contributed by atoms with Gasteiger partial charge in [0.2, 0.25) is 5.91 Å².